The first-order valence-corrected chi connectivity index (χ1v) is 11.4. The van der Waals surface area contributed by atoms with E-state index in [0.29, 0.717) is 12.2 Å². The van der Waals surface area contributed by atoms with Gasteiger partial charge in [-0.3, -0.25) is 4.79 Å². The van der Waals surface area contributed by atoms with Crippen molar-refractivity contribution in [1.82, 2.24) is 10.6 Å². The van der Waals surface area contributed by atoms with Gasteiger partial charge in [0.15, 0.2) is 0 Å². The normalized spacial score (nSPS) is 17.6. The largest absolute Gasteiger partial charge is 0.493 e. The van der Waals surface area contributed by atoms with Gasteiger partial charge in [0.2, 0.25) is 5.91 Å². The van der Waals surface area contributed by atoms with Gasteiger partial charge in [-0.05, 0) is 47.6 Å². The standard InChI is InChI=1S/C26H34F2N2O3/c1-16(31)30-23(12-18-9-19(27)13-20(28)10-18)24(32)15-29-22-7-8-33-25-6-5-17(11-21(22)25)14-26(2,3)4/h5-6,9-11,13,22-24,29,32H,7-8,12,14-15H2,1-4H3,(H,30,31)/t22-,23?,24+/m0/s1. The van der Waals surface area contributed by atoms with Crippen molar-refractivity contribution in [3.63, 3.8) is 0 Å². The highest BCUT2D eigenvalue weighted by molar-refractivity contribution is 5.73. The fraction of sp³-hybridized carbons (Fsp3) is 0.500. The molecule has 180 valence electrons. The highest BCUT2D eigenvalue weighted by atomic mass is 19.1. The zero-order valence-electron chi connectivity index (χ0n) is 19.8. The summed E-state index contributed by atoms with van der Waals surface area (Å²) in [7, 11) is 0. The number of hydrogen-bond donors (Lipinski definition) is 3. The lowest BCUT2D eigenvalue weighted by Crippen LogP contribution is -2.48. The van der Waals surface area contributed by atoms with Gasteiger partial charge in [0.25, 0.3) is 0 Å². The summed E-state index contributed by atoms with van der Waals surface area (Å²) >= 11 is 0. The Morgan fingerprint density at radius 1 is 1.15 bits per heavy atom. The van der Waals surface area contributed by atoms with Crippen LogP contribution in [0.2, 0.25) is 0 Å². The number of fused-ring (bicyclic) bond motifs is 1. The maximum Gasteiger partial charge on any atom is 0.217 e. The monoisotopic (exact) mass is 460 g/mol. The molecule has 2 aromatic carbocycles. The first-order chi connectivity index (χ1) is 15.5. The number of ether oxygens (including phenoxy) is 1. The third-order valence-electron chi connectivity index (χ3n) is 5.65. The second kappa shape index (κ2) is 10.6. The van der Waals surface area contributed by atoms with Crippen LogP contribution in [-0.2, 0) is 17.6 Å². The first kappa shape index (κ1) is 25.1. The van der Waals surface area contributed by atoms with Crippen LogP contribution in [0, 0.1) is 17.0 Å². The van der Waals surface area contributed by atoms with Crippen molar-refractivity contribution in [3.05, 3.63) is 64.7 Å². The third-order valence-corrected chi connectivity index (χ3v) is 5.65. The number of benzene rings is 2. The van der Waals surface area contributed by atoms with Crippen molar-refractivity contribution in [3.8, 4) is 5.75 Å². The van der Waals surface area contributed by atoms with Crippen molar-refractivity contribution in [2.45, 2.75) is 65.1 Å². The Hall–Kier alpha value is -2.51. The molecule has 0 aliphatic carbocycles. The first-order valence-electron chi connectivity index (χ1n) is 11.4. The predicted molar refractivity (Wildman–Crippen MR) is 124 cm³/mol. The molecule has 3 N–H and O–H groups in total. The Labute approximate surface area is 194 Å². The fourth-order valence-electron chi connectivity index (χ4n) is 4.31. The van der Waals surface area contributed by atoms with E-state index in [-0.39, 0.29) is 30.3 Å². The zero-order valence-corrected chi connectivity index (χ0v) is 19.8. The predicted octanol–water partition coefficient (Wildman–Crippen LogP) is 4.07. The topological polar surface area (TPSA) is 70.6 Å². The van der Waals surface area contributed by atoms with Crippen molar-refractivity contribution < 1.29 is 23.4 Å². The van der Waals surface area contributed by atoms with E-state index in [0.717, 1.165) is 30.2 Å². The minimum atomic E-state index is -0.954. The number of rotatable bonds is 8. The molecule has 1 aliphatic rings. The highest BCUT2D eigenvalue weighted by Gasteiger charge is 2.26. The number of aliphatic hydroxyl groups is 1. The molecular weight excluding hydrogens is 426 g/mol. The summed E-state index contributed by atoms with van der Waals surface area (Å²) in [6.45, 7) is 8.71. The number of aliphatic hydroxyl groups excluding tert-OH is 1. The van der Waals surface area contributed by atoms with Crippen LogP contribution in [0.15, 0.2) is 36.4 Å². The number of carbonyl (C=O) groups is 1. The summed E-state index contributed by atoms with van der Waals surface area (Å²) in [4.78, 5) is 11.7. The molecule has 0 aromatic heterocycles. The van der Waals surface area contributed by atoms with E-state index in [1.54, 1.807) is 0 Å². The summed E-state index contributed by atoms with van der Waals surface area (Å²) in [6, 6.07) is 8.77. The van der Waals surface area contributed by atoms with Gasteiger partial charge in [-0.15, -0.1) is 0 Å². The van der Waals surface area contributed by atoms with Crippen molar-refractivity contribution in [2.24, 2.45) is 5.41 Å². The Kier molecular flexibility index (Phi) is 8.08. The van der Waals surface area contributed by atoms with Gasteiger partial charge in [0.05, 0.1) is 18.8 Å². The SMILES string of the molecule is CC(=O)NC(Cc1cc(F)cc(F)c1)[C@H](O)CN[C@H]1CCOc2ccc(CC(C)(C)C)cc21. The van der Waals surface area contributed by atoms with Gasteiger partial charge in [-0.1, -0.05) is 32.9 Å². The van der Waals surface area contributed by atoms with Gasteiger partial charge < -0.3 is 20.5 Å². The lowest BCUT2D eigenvalue weighted by atomic mass is 9.86. The summed E-state index contributed by atoms with van der Waals surface area (Å²) in [5.74, 6) is -0.869. The average Bonchev–Trinajstić information content (AvgIpc) is 2.69. The maximum atomic E-state index is 13.6. The molecule has 0 spiro atoms. The molecule has 33 heavy (non-hydrogen) atoms. The van der Waals surface area contributed by atoms with Crippen molar-refractivity contribution in [1.29, 1.82) is 0 Å². The lowest BCUT2D eigenvalue weighted by molar-refractivity contribution is -0.120. The number of hydrogen-bond acceptors (Lipinski definition) is 4. The number of carbonyl (C=O) groups excluding carboxylic acids is 1. The molecule has 1 aliphatic heterocycles. The van der Waals surface area contributed by atoms with Gasteiger partial charge in [-0.2, -0.15) is 0 Å². The Bertz CT molecular complexity index is 954. The molecule has 0 saturated carbocycles. The quantitative estimate of drug-likeness (QED) is 0.555. The smallest absolute Gasteiger partial charge is 0.217 e. The van der Waals surface area contributed by atoms with Crippen LogP contribution in [0.4, 0.5) is 8.78 Å². The van der Waals surface area contributed by atoms with Crippen molar-refractivity contribution >= 4 is 5.91 Å². The molecule has 1 unspecified atom stereocenters. The summed E-state index contributed by atoms with van der Waals surface area (Å²) < 4.78 is 33.0. The zero-order chi connectivity index (χ0) is 24.2. The van der Waals surface area contributed by atoms with Crippen LogP contribution in [0.5, 0.6) is 5.75 Å². The second-order valence-corrected chi connectivity index (χ2v) is 10.1. The Balaban J connectivity index is 1.70. The van der Waals surface area contributed by atoms with E-state index < -0.39 is 23.8 Å². The second-order valence-electron chi connectivity index (χ2n) is 10.1. The van der Waals surface area contributed by atoms with Crippen LogP contribution in [0.25, 0.3) is 0 Å². The van der Waals surface area contributed by atoms with E-state index in [2.05, 4.69) is 43.5 Å². The minimum absolute atomic E-state index is 0.00656. The van der Waals surface area contributed by atoms with E-state index in [1.807, 2.05) is 6.07 Å². The molecule has 0 fully saturated rings. The molecule has 0 radical (unpaired) electrons. The third kappa shape index (κ3) is 7.51. The van der Waals surface area contributed by atoms with Crippen molar-refractivity contribution in [2.75, 3.05) is 13.2 Å². The summed E-state index contributed by atoms with van der Waals surface area (Å²) in [5.41, 5.74) is 2.81. The van der Waals surface area contributed by atoms with Gasteiger partial charge in [-0.25, -0.2) is 8.78 Å². The number of amides is 1. The number of nitrogens with one attached hydrogen (secondary N) is 2. The molecule has 0 bridgehead atoms. The highest BCUT2D eigenvalue weighted by Crippen LogP contribution is 2.34. The Morgan fingerprint density at radius 2 is 1.85 bits per heavy atom. The van der Waals surface area contributed by atoms with Gasteiger partial charge in [0.1, 0.15) is 17.4 Å². The average molecular weight is 461 g/mol. The molecule has 2 aromatic rings. The summed E-state index contributed by atoms with van der Waals surface area (Å²) in [5, 5.41) is 17.0. The van der Waals surface area contributed by atoms with Gasteiger partial charge in [0, 0.05) is 37.6 Å². The lowest BCUT2D eigenvalue weighted by Gasteiger charge is -2.30. The molecule has 1 heterocycles. The molecule has 5 nitrogen and oxygen atoms in total. The van der Waals surface area contributed by atoms with E-state index in [4.69, 9.17) is 4.74 Å². The minimum Gasteiger partial charge on any atom is -0.493 e. The Morgan fingerprint density at radius 3 is 2.48 bits per heavy atom. The van der Waals surface area contributed by atoms with Crippen LogP contribution >= 0.6 is 0 Å². The fourth-order valence-corrected chi connectivity index (χ4v) is 4.31. The van der Waals surface area contributed by atoms with Crippen LogP contribution in [-0.4, -0.2) is 36.3 Å². The van der Waals surface area contributed by atoms with Crippen LogP contribution in [0.1, 0.15) is 56.8 Å². The van der Waals surface area contributed by atoms with E-state index >= 15 is 0 Å². The molecule has 3 atom stereocenters. The van der Waals surface area contributed by atoms with Gasteiger partial charge >= 0.3 is 0 Å². The van der Waals surface area contributed by atoms with Crippen LogP contribution < -0.4 is 15.4 Å². The molecule has 7 heteroatoms. The molecular formula is C26H34F2N2O3. The molecule has 3 rings (SSSR count). The number of halogens is 2. The van der Waals surface area contributed by atoms with E-state index in [1.165, 1.54) is 24.6 Å². The van der Waals surface area contributed by atoms with E-state index in [9.17, 15) is 18.7 Å². The summed E-state index contributed by atoms with van der Waals surface area (Å²) in [6.07, 6.45) is 0.838. The molecule has 1 amide bonds. The van der Waals surface area contributed by atoms with Crippen LogP contribution in [0.3, 0.4) is 0 Å². The molecule has 0 saturated heterocycles. The maximum absolute atomic E-state index is 13.6.